The second kappa shape index (κ2) is 4.41. The number of fused-ring (bicyclic) bond motifs is 3. The van der Waals surface area contributed by atoms with E-state index in [0.29, 0.717) is 0 Å². The maximum absolute atomic E-state index is 11.0. The molecule has 17 heavy (non-hydrogen) atoms. The number of hydrogen-bond acceptors (Lipinski definition) is 2. The Bertz CT molecular complexity index is 617. The van der Waals surface area contributed by atoms with Gasteiger partial charge in [0, 0.05) is 5.92 Å². The van der Waals surface area contributed by atoms with E-state index in [2.05, 4.69) is 0 Å². The quantitative estimate of drug-likeness (QED) is 0.556. The Morgan fingerprint density at radius 3 is 2.65 bits per heavy atom. The van der Waals surface area contributed by atoms with Crippen molar-refractivity contribution in [3.8, 4) is 0 Å². The van der Waals surface area contributed by atoms with E-state index in [4.69, 9.17) is 0 Å². The predicted octanol–water partition coefficient (Wildman–Crippen LogP) is -1.30. The first-order chi connectivity index (χ1) is 7.77. The van der Waals surface area contributed by atoms with Crippen LogP contribution in [-0.2, 0) is 4.79 Å². The van der Waals surface area contributed by atoms with Gasteiger partial charge in [0.15, 0.2) is 0 Å². The maximum atomic E-state index is 11.0. The van der Waals surface area contributed by atoms with Gasteiger partial charge in [0.1, 0.15) is 0 Å². The van der Waals surface area contributed by atoms with Crippen molar-refractivity contribution in [2.24, 2.45) is 0 Å². The fourth-order valence-corrected chi connectivity index (χ4v) is 2.30. The van der Waals surface area contributed by atoms with Crippen LogP contribution in [0.15, 0.2) is 42.5 Å². The van der Waals surface area contributed by atoms with E-state index in [1.165, 1.54) is 0 Å². The molecule has 78 valence electrons. The molecule has 2 aromatic rings. The minimum atomic E-state index is -1.04. The van der Waals surface area contributed by atoms with Crippen LogP contribution in [0.5, 0.6) is 0 Å². The molecule has 1 unspecified atom stereocenters. The third kappa shape index (κ3) is 1.80. The molecule has 2 nitrogen and oxygen atoms in total. The van der Waals surface area contributed by atoms with Gasteiger partial charge in [-0.3, -0.25) is 0 Å². The number of rotatable bonds is 1. The zero-order valence-corrected chi connectivity index (χ0v) is 9.51. The topological polar surface area (TPSA) is 40.1 Å². The molecule has 0 aromatic heterocycles. The van der Waals surface area contributed by atoms with Crippen LogP contribution in [0.2, 0.25) is 0 Å². The molecule has 0 bridgehead atoms. The van der Waals surface area contributed by atoms with E-state index in [-0.39, 0.29) is 18.9 Å². The smallest absolute Gasteiger partial charge is 0.549 e. The molecule has 3 rings (SSSR count). The van der Waals surface area contributed by atoms with Crippen LogP contribution in [-0.4, -0.2) is 5.97 Å². The van der Waals surface area contributed by atoms with Crippen LogP contribution in [0.4, 0.5) is 0 Å². The Balaban J connectivity index is 0.00000108. The summed E-state index contributed by atoms with van der Waals surface area (Å²) < 4.78 is 0. The van der Waals surface area contributed by atoms with E-state index >= 15 is 0 Å². The first-order valence-electron chi connectivity index (χ1n) is 5.18. The van der Waals surface area contributed by atoms with Gasteiger partial charge in [-0.25, -0.2) is 0 Å². The molecule has 1 atom stereocenters. The van der Waals surface area contributed by atoms with Crippen molar-refractivity contribution in [3.05, 3.63) is 53.6 Å². The van der Waals surface area contributed by atoms with Crippen molar-refractivity contribution < 1.29 is 28.8 Å². The van der Waals surface area contributed by atoms with Gasteiger partial charge >= 0.3 is 18.9 Å². The molecule has 0 fully saturated rings. The summed E-state index contributed by atoms with van der Waals surface area (Å²) in [7, 11) is 0. The van der Waals surface area contributed by atoms with Crippen molar-refractivity contribution >= 4 is 22.8 Å². The normalized spacial score (nSPS) is 16.6. The molecule has 0 amide bonds. The van der Waals surface area contributed by atoms with E-state index in [0.717, 1.165) is 21.9 Å². The van der Waals surface area contributed by atoms with Crippen LogP contribution in [0.3, 0.4) is 0 Å². The zero-order chi connectivity index (χ0) is 11.1. The molecule has 0 saturated heterocycles. The van der Waals surface area contributed by atoms with Crippen molar-refractivity contribution in [1.82, 2.24) is 0 Å². The molecule has 0 spiro atoms. The van der Waals surface area contributed by atoms with Crippen LogP contribution in [0.25, 0.3) is 16.8 Å². The van der Waals surface area contributed by atoms with Gasteiger partial charge < -0.3 is 9.90 Å². The number of carboxylic acid groups (broad SMARTS) is 1. The molecule has 3 heteroatoms. The number of carbonyl (C=O) groups excluding carboxylic acids is 1. The second-order valence-corrected chi connectivity index (χ2v) is 3.95. The zero-order valence-electron chi connectivity index (χ0n) is 9.51. The molecule has 2 aromatic carbocycles. The molecule has 0 N–H and O–H groups in total. The van der Waals surface area contributed by atoms with Crippen LogP contribution in [0, 0.1) is 0 Å². The first-order valence-corrected chi connectivity index (χ1v) is 5.18. The van der Waals surface area contributed by atoms with Gasteiger partial charge in [-0.15, -0.1) is 0 Å². The van der Waals surface area contributed by atoms with Crippen LogP contribution < -0.4 is 24.0 Å². The Kier molecular flexibility index (Phi) is 3.10. The number of benzene rings is 2. The van der Waals surface area contributed by atoms with Crippen molar-refractivity contribution in [2.75, 3.05) is 0 Å². The molecule has 0 heterocycles. The van der Waals surface area contributed by atoms with Crippen molar-refractivity contribution in [2.45, 2.75) is 5.92 Å². The fourth-order valence-electron chi connectivity index (χ4n) is 2.30. The number of carboxylic acids is 1. The maximum Gasteiger partial charge on any atom is 1.00 e. The van der Waals surface area contributed by atoms with E-state index in [1.54, 1.807) is 6.08 Å². The van der Waals surface area contributed by atoms with Gasteiger partial charge in [-0.1, -0.05) is 48.6 Å². The average Bonchev–Trinajstić information content (AvgIpc) is 2.73. The largest absolute Gasteiger partial charge is 1.00 e. The summed E-state index contributed by atoms with van der Waals surface area (Å²) in [5.74, 6) is -1.65. The molecular formula is C14H9LiO2. The summed E-state index contributed by atoms with van der Waals surface area (Å²) in [6.07, 6.45) is 3.54. The summed E-state index contributed by atoms with van der Waals surface area (Å²) >= 11 is 0. The Morgan fingerprint density at radius 2 is 1.88 bits per heavy atom. The second-order valence-electron chi connectivity index (χ2n) is 3.95. The van der Waals surface area contributed by atoms with Crippen molar-refractivity contribution in [1.29, 1.82) is 0 Å². The average molecular weight is 216 g/mol. The first kappa shape index (κ1) is 12.0. The monoisotopic (exact) mass is 216 g/mol. The molecule has 0 aliphatic heterocycles. The summed E-state index contributed by atoms with van der Waals surface area (Å²) in [6, 6.07) is 11.8. The summed E-state index contributed by atoms with van der Waals surface area (Å²) in [6.45, 7) is 0. The predicted molar refractivity (Wildman–Crippen MR) is 60.7 cm³/mol. The number of hydrogen-bond donors (Lipinski definition) is 0. The SMILES string of the molecule is O=C([O-])C1C=Cc2ccc3ccccc3c21.[Li+]. The molecular weight excluding hydrogens is 207 g/mol. The molecule has 0 radical (unpaired) electrons. The summed E-state index contributed by atoms with van der Waals surface area (Å²) in [4.78, 5) is 11.0. The van der Waals surface area contributed by atoms with E-state index in [1.807, 2.05) is 42.5 Å². The van der Waals surface area contributed by atoms with Crippen LogP contribution in [0.1, 0.15) is 17.0 Å². The van der Waals surface area contributed by atoms with Crippen LogP contribution >= 0.6 is 0 Å². The van der Waals surface area contributed by atoms with E-state index < -0.39 is 11.9 Å². The van der Waals surface area contributed by atoms with E-state index in [9.17, 15) is 9.90 Å². The minimum Gasteiger partial charge on any atom is -0.549 e. The summed E-state index contributed by atoms with van der Waals surface area (Å²) in [5, 5.41) is 13.1. The fraction of sp³-hybridized carbons (Fsp3) is 0.0714. The molecule has 1 aliphatic carbocycles. The minimum absolute atomic E-state index is 0. The Morgan fingerprint density at radius 1 is 1.12 bits per heavy atom. The molecule has 1 aliphatic rings. The number of aliphatic carboxylic acids is 1. The third-order valence-corrected chi connectivity index (χ3v) is 3.04. The standard InChI is InChI=1S/C14H10O2.Li/c15-14(16)12-8-7-10-6-5-9-3-1-2-4-11(9)13(10)12;/h1-8,12H,(H,15,16);/q;+1/p-1. The van der Waals surface area contributed by atoms with Crippen molar-refractivity contribution in [3.63, 3.8) is 0 Å². The van der Waals surface area contributed by atoms with Gasteiger partial charge in [0.05, 0.1) is 5.97 Å². The summed E-state index contributed by atoms with van der Waals surface area (Å²) in [5.41, 5.74) is 1.84. The van der Waals surface area contributed by atoms with Gasteiger partial charge in [0.25, 0.3) is 0 Å². The number of carbonyl (C=O) groups is 1. The third-order valence-electron chi connectivity index (χ3n) is 3.04. The van der Waals surface area contributed by atoms with Gasteiger partial charge in [0.2, 0.25) is 0 Å². The Hall–Kier alpha value is -1.49. The molecule has 0 saturated carbocycles. The van der Waals surface area contributed by atoms with Gasteiger partial charge in [-0.05, 0) is 21.9 Å². The van der Waals surface area contributed by atoms with Gasteiger partial charge in [-0.2, -0.15) is 0 Å². The Labute approximate surface area is 111 Å².